The highest BCUT2D eigenvalue weighted by Gasteiger charge is 2.22. The van der Waals surface area contributed by atoms with Crippen molar-refractivity contribution in [1.29, 1.82) is 0 Å². The van der Waals surface area contributed by atoms with Gasteiger partial charge in [-0.3, -0.25) is 4.79 Å². The van der Waals surface area contributed by atoms with Crippen molar-refractivity contribution in [2.45, 2.75) is 18.6 Å². The number of aliphatic hydroxyl groups is 2. The molecule has 1 aromatic heterocycles. The summed E-state index contributed by atoms with van der Waals surface area (Å²) >= 11 is 0. The van der Waals surface area contributed by atoms with Gasteiger partial charge in [-0.2, -0.15) is 5.10 Å². The van der Waals surface area contributed by atoms with Crippen molar-refractivity contribution < 1.29 is 20.1 Å². The molecule has 0 aliphatic carbocycles. The molecule has 7 nitrogen and oxygen atoms in total. The van der Waals surface area contributed by atoms with Crippen LogP contribution in [-0.2, 0) is 4.79 Å². The molecule has 0 fully saturated rings. The van der Waals surface area contributed by atoms with E-state index in [1.54, 1.807) is 0 Å². The standard InChI is InChI=1S/C8H11N3O4/c9-6-2-1-4(10-11-6)8(15)5(12)3-7(13)14/h1-2,5,8,12,15H,3H2,(H2,9,11)(H,13,14). The Morgan fingerprint density at radius 2 is 2.07 bits per heavy atom. The number of nitrogen functional groups attached to an aromatic ring is 1. The Morgan fingerprint density at radius 1 is 1.40 bits per heavy atom. The molecular formula is C8H11N3O4. The first kappa shape index (κ1) is 11.3. The van der Waals surface area contributed by atoms with E-state index in [1.165, 1.54) is 12.1 Å². The largest absolute Gasteiger partial charge is 0.481 e. The molecule has 82 valence electrons. The lowest BCUT2D eigenvalue weighted by atomic mass is 10.1. The maximum absolute atomic E-state index is 10.3. The Balaban J connectivity index is 2.71. The lowest BCUT2D eigenvalue weighted by molar-refractivity contribution is -0.141. The van der Waals surface area contributed by atoms with Gasteiger partial charge in [0.1, 0.15) is 11.9 Å². The van der Waals surface area contributed by atoms with Gasteiger partial charge < -0.3 is 21.1 Å². The maximum Gasteiger partial charge on any atom is 0.306 e. The summed E-state index contributed by atoms with van der Waals surface area (Å²) < 4.78 is 0. The van der Waals surface area contributed by atoms with Gasteiger partial charge in [-0.1, -0.05) is 0 Å². The average Bonchev–Trinajstić information content (AvgIpc) is 2.17. The van der Waals surface area contributed by atoms with Crippen LogP contribution < -0.4 is 5.73 Å². The lowest BCUT2D eigenvalue weighted by Crippen LogP contribution is -2.22. The monoisotopic (exact) mass is 213 g/mol. The number of carbonyl (C=O) groups is 1. The average molecular weight is 213 g/mol. The fraction of sp³-hybridized carbons (Fsp3) is 0.375. The predicted molar refractivity (Wildman–Crippen MR) is 49.7 cm³/mol. The lowest BCUT2D eigenvalue weighted by Gasteiger charge is -2.14. The quantitative estimate of drug-likeness (QED) is 0.500. The first-order chi connectivity index (χ1) is 7.00. The van der Waals surface area contributed by atoms with Gasteiger partial charge in [-0.05, 0) is 12.1 Å². The molecule has 15 heavy (non-hydrogen) atoms. The van der Waals surface area contributed by atoms with Gasteiger partial charge in [0.15, 0.2) is 0 Å². The minimum Gasteiger partial charge on any atom is -0.481 e. The van der Waals surface area contributed by atoms with Crippen LogP contribution in [0.15, 0.2) is 12.1 Å². The van der Waals surface area contributed by atoms with Gasteiger partial charge in [0.2, 0.25) is 0 Å². The van der Waals surface area contributed by atoms with E-state index in [-0.39, 0.29) is 11.5 Å². The zero-order chi connectivity index (χ0) is 11.4. The Kier molecular flexibility index (Phi) is 3.53. The topological polar surface area (TPSA) is 130 Å². The summed E-state index contributed by atoms with van der Waals surface area (Å²) in [6.07, 6.45) is -3.36. The van der Waals surface area contributed by atoms with E-state index in [0.29, 0.717) is 0 Å². The van der Waals surface area contributed by atoms with E-state index in [0.717, 1.165) is 0 Å². The minimum atomic E-state index is -1.42. The summed E-state index contributed by atoms with van der Waals surface area (Å²) in [6, 6.07) is 2.77. The molecule has 7 heteroatoms. The zero-order valence-corrected chi connectivity index (χ0v) is 7.74. The van der Waals surface area contributed by atoms with E-state index >= 15 is 0 Å². The van der Waals surface area contributed by atoms with E-state index < -0.39 is 24.6 Å². The van der Waals surface area contributed by atoms with Gasteiger partial charge in [0.05, 0.1) is 18.2 Å². The van der Waals surface area contributed by atoms with Crippen molar-refractivity contribution in [2.75, 3.05) is 5.73 Å². The van der Waals surface area contributed by atoms with Crippen LogP contribution in [0.25, 0.3) is 0 Å². The van der Waals surface area contributed by atoms with E-state index in [4.69, 9.17) is 10.8 Å². The SMILES string of the molecule is Nc1ccc(C(O)C(O)CC(=O)O)nn1. The van der Waals surface area contributed by atoms with Gasteiger partial charge in [-0.25, -0.2) is 0 Å². The molecule has 5 N–H and O–H groups in total. The first-order valence-electron chi connectivity index (χ1n) is 4.17. The van der Waals surface area contributed by atoms with Crippen LogP contribution in [0, 0.1) is 0 Å². The molecule has 0 saturated heterocycles. The fourth-order valence-electron chi connectivity index (χ4n) is 0.998. The van der Waals surface area contributed by atoms with Gasteiger partial charge in [-0.15, -0.1) is 5.10 Å². The van der Waals surface area contributed by atoms with Crippen molar-refractivity contribution in [3.63, 3.8) is 0 Å². The zero-order valence-electron chi connectivity index (χ0n) is 7.74. The molecule has 0 aromatic carbocycles. The third kappa shape index (κ3) is 3.15. The number of nitrogens with zero attached hydrogens (tertiary/aromatic N) is 2. The van der Waals surface area contributed by atoms with Crippen LogP contribution in [-0.4, -0.2) is 37.6 Å². The molecule has 0 spiro atoms. The third-order valence-electron chi connectivity index (χ3n) is 1.76. The summed E-state index contributed by atoms with van der Waals surface area (Å²) in [4.78, 5) is 10.3. The number of hydrogen-bond donors (Lipinski definition) is 4. The third-order valence-corrected chi connectivity index (χ3v) is 1.76. The molecule has 0 saturated carbocycles. The number of rotatable bonds is 4. The molecule has 2 unspecified atom stereocenters. The van der Waals surface area contributed by atoms with Crippen molar-refractivity contribution in [3.8, 4) is 0 Å². The number of nitrogens with two attached hydrogens (primary N) is 1. The van der Waals surface area contributed by atoms with Crippen LogP contribution >= 0.6 is 0 Å². The highest BCUT2D eigenvalue weighted by atomic mass is 16.4. The molecule has 0 bridgehead atoms. The highest BCUT2D eigenvalue weighted by Crippen LogP contribution is 2.16. The Labute approximate surface area is 85.2 Å². The van der Waals surface area contributed by atoms with Crippen LogP contribution in [0.2, 0.25) is 0 Å². The van der Waals surface area contributed by atoms with Crippen LogP contribution in [0.1, 0.15) is 18.2 Å². The van der Waals surface area contributed by atoms with E-state index in [2.05, 4.69) is 10.2 Å². The minimum absolute atomic E-state index is 0.0814. The molecule has 1 aromatic rings. The summed E-state index contributed by atoms with van der Waals surface area (Å²) in [7, 11) is 0. The van der Waals surface area contributed by atoms with Crippen molar-refractivity contribution in [3.05, 3.63) is 17.8 Å². The number of carboxylic acids is 1. The molecule has 1 heterocycles. The molecule has 0 amide bonds. The Hall–Kier alpha value is -1.73. The maximum atomic E-state index is 10.3. The molecular weight excluding hydrogens is 202 g/mol. The van der Waals surface area contributed by atoms with Crippen LogP contribution in [0.4, 0.5) is 5.82 Å². The van der Waals surface area contributed by atoms with Crippen LogP contribution in [0.5, 0.6) is 0 Å². The number of aliphatic carboxylic acids is 1. The Bertz CT molecular complexity index is 340. The predicted octanol–water partition coefficient (Wildman–Crippen LogP) is -1.07. The summed E-state index contributed by atoms with van der Waals surface area (Å²) in [5, 5.41) is 34.1. The van der Waals surface area contributed by atoms with Crippen molar-refractivity contribution >= 4 is 11.8 Å². The number of carboxylic acid groups (broad SMARTS) is 1. The summed E-state index contributed by atoms with van der Waals surface area (Å²) in [5.41, 5.74) is 5.35. The second-order valence-corrected chi connectivity index (χ2v) is 2.99. The first-order valence-corrected chi connectivity index (χ1v) is 4.17. The smallest absolute Gasteiger partial charge is 0.306 e. The second-order valence-electron chi connectivity index (χ2n) is 2.99. The second kappa shape index (κ2) is 4.67. The summed E-state index contributed by atoms with van der Waals surface area (Å²) in [5.74, 6) is -1.02. The molecule has 1 rings (SSSR count). The molecule has 0 aliphatic heterocycles. The van der Waals surface area contributed by atoms with Gasteiger partial charge >= 0.3 is 5.97 Å². The molecule has 0 radical (unpaired) electrons. The van der Waals surface area contributed by atoms with Crippen LogP contribution in [0.3, 0.4) is 0 Å². The normalized spacial score (nSPS) is 14.5. The number of aromatic nitrogens is 2. The Morgan fingerprint density at radius 3 is 2.53 bits per heavy atom. The van der Waals surface area contributed by atoms with E-state index in [9.17, 15) is 15.0 Å². The van der Waals surface area contributed by atoms with Gasteiger partial charge in [0, 0.05) is 0 Å². The van der Waals surface area contributed by atoms with Crippen molar-refractivity contribution in [1.82, 2.24) is 10.2 Å². The number of anilines is 1. The van der Waals surface area contributed by atoms with Gasteiger partial charge in [0.25, 0.3) is 0 Å². The molecule has 0 aliphatic rings. The van der Waals surface area contributed by atoms with Crippen molar-refractivity contribution in [2.24, 2.45) is 0 Å². The summed E-state index contributed by atoms with van der Waals surface area (Å²) in [6.45, 7) is 0. The van der Waals surface area contributed by atoms with E-state index in [1.807, 2.05) is 0 Å². The number of hydrogen-bond acceptors (Lipinski definition) is 6. The number of aliphatic hydroxyl groups excluding tert-OH is 2. The fourth-order valence-corrected chi connectivity index (χ4v) is 0.998. The highest BCUT2D eigenvalue weighted by molar-refractivity contribution is 5.67. The molecule has 2 atom stereocenters.